The molecule has 0 aliphatic heterocycles. The topological polar surface area (TPSA) is 78.4 Å². The molecule has 1 rings (SSSR count). The van der Waals surface area contributed by atoms with Crippen LogP contribution in [0.2, 0.25) is 0 Å². The summed E-state index contributed by atoms with van der Waals surface area (Å²) >= 11 is 0. The average Bonchev–Trinajstić information content (AvgIpc) is 2.35. The number of anilines is 1. The van der Waals surface area contributed by atoms with Crippen molar-refractivity contribution in [3.63, 3.8) is 0 Å². The summed E-state index contributed by atoms with van der Waals surface area (Å²) < 4.78 is 0. The molecule has 0 aromatic carbocycles. The SMILES string of the molecule is CC(O)CCCNC(=O)CN(C)c1ncccn1. The van der Waals surface area contributed by atoms with Crippen molar-refractivity contribution in [3.05, 3.63) is 18.5 Å². The Morgan fingerprint density at radius 2 is 2.17 bits per heavy atom. The molecule has 1 atom stereocenters. The molecule has 6 heteroatoms. The first-order valence-corrected chi connectivity index (χ1v) is 6.02. The van der Waals surface area contributed by atoms with E-state index in [1.54, 1.807) is 37.3 Å². The monoisotopic (exact) mass is 252 g/mol. The van der Waals surface area contributed by atoms with Crippen molar-refractivity contribution in [1.82, 2.24) is 15.3 Å². The second kappa shape index (κ2) is 7.60. The second-order valence-electron chi connectivity index (χ2n) is 4.25. The maximum Gasteiger partial charge on any atom is 0.239 e. The number of likely N-dealkylation sites (N-methyl/N-ethyl adjacent to an activating group) is 1. The molecule has 0 fully saturated rings. The smallest absolute Gasteiger partial charge is 0.239 e. The van der Waals surface area contributed by atoms with E-state index in [0.717, 1.165) is 6.42 Å². The van der Waals surface area contributed by atoms with E-state index in [-0.39, 0.29) is 18.6 Å². The number of rotatable bonds is 7. The van der Waals surface area contributed by atoms with E-state index in [4.69, 9.17) is 5.11 Å². The fourth-order valence-corrected chi connectivity index (χ4v) is 1.46. The number of aromatic nitrogens is 2. The predicted molar refractivity (Wildman–Crippen MR) is 69.2 cm³/mol. The third-order valence-electron chi connectivity index (χ3n) is 2.40. The van der Waals surface area contributed by atoms with Crippen molar-refractivity contribution < 1.29 is 9.90 Å². The molecular weight excluding hydrogens is 232 g/mol. The Morgan fingerprint density at radius 3 is 2.78 bits per heavy atom. The normalized spacial score (nSPS) is 11.9. The number of nitrogens with one attached hydrogen (secondary N) is 1. The number of amides is 1. The third kappa shape index (κ3) is 5.58. The standard InChI is InChI=1S/C12H20N4O2/c1-10(17)5-3-6-13-11(18)9-16(2)12-14-7-4-8-15-12/h4,7-8,10,17H,3,5-6,9H2,1-2H3,(H,13,18). The van der Waals surface area contributed by atoms with Gasteiger partial charge >= 0.3 is 0 Å². The number of nitrogens with zero attached hydrogens (tertiary/aromatic N) is 3. The van der Waals surface area contributed by atoms with Crippen molar-refractivity contribution >= 4 is 11.9 Å². The van der Waals surface area contributed by atoms with Crippen LogP contribution in [0.4, 0.5) is 5.95 Å². The van der Waals surface area contributed by atoms with E-state index in [0.29, 0.717) is 18.9 Å². The van der Waals surface area contributed by atoms with Gasteiger partial charge in [-0.3, -0.25) is 4.79 Å². The van der Waals surface area contributed by atoms with Gasteiger partial charge in [-0.05, 0) is 25.8 Å². The third-order valence-corrected chi connectivity index (χ3v) is 2.40. The summed E-state index contributed by atoms with van der Waals surface area (Å²) in [6.45, 7) is 2.54. The first-order chi connectivity index (χ1) is 8.59. The highest BCUT2D eigenvalue weighted by atomic mass is 16.3. The Morgan fingerprint density at radius 1 is 1.50 bits per heavy atom. The van der Waals surface area contributed by atoms with Gasteiger partial charge in [-0.1, -0.05) is 0 Å². The van der Waals surface area contributed by atoms with Crippen LogP contribution in [-0.4, -0.2) is 47.2 Å². The lowest BCUT2D eigenvalue weighted by atomic mass is 10.2. The fraction of sp³-hybridized carbons (Fsp3) is 0.583. The minimum absolute atomic E-state index is 0.0736. The zero-order chi connectivity index (χ0) is 13.4. The van der Waals surface area contributed by atoms with E-state index in [9.17, 15) is 4.79 Å². The van der Waals surface area contributed by atoms with E-state index in [1.165, 1.54) is 0 Å². The molecule has 2 N–H and O–H groups in total. The lowest BCUT2D eigenvalue weighted by molar-refractivity contribution is -0.119. The Bertz CT molecular complexity index is 356. The number of hydrogen-bond acceptors (Lipinski definition) is 5. The molecule has 6 nitrogen and oxygen atoms in total. The van der Waals surface area contributed by atoms with Crippen LogP contribution in [0.15, 0.2) is 18.5 Å². The highest BCUT2D eigenvalue weighted by Gasteiger charge is 2.08. The Labute approximate surface area is 107 Å². The van der Waals surface area contributed by atoms with Crippen LogP contribution in [0.5, 0.6) is 0 Å². The predicted octanol–water partition coefficient (Wildman–Crippen LogP) is 0.190. The summed E-state index contributed by atoms with van der Waals surface area (Å²) in [7, 11) is 1.77. The summed E-state index contributed by atoms with van der Waals surface area (Å²) in [6.07, 6.45) is 4.42. The highest BCUT2D eigenvalue weighted by Crippen LogP contribution is 2.00. The largest absolute Gasteiger partial charge is 0.393 e. The molecule has 1 aromatic rings. The Balaban J connectivity index is 2.24. The van der Waals surface area contributed by atoms with Crippen LogP contribution < -0.4 is 10.2 Å². The molecule has 0 spiro atoms. The van der Waals surface area contributed by atoms with Crippen LogP contribution in [0, 0.1) is 0 Å². The molecule has 0 aliphatic rings. The summed E-state index contributed by atoms with van der Waals surface area (Å²) in [4.78, 5) is 21.4. The molecule has 1 amide bonds. The number of carbonyl (C=O) groups excluding carboxylic acids is 1. The lowest BCUT2D eigenvalue weighted by Crippen LogP contribution is -2.36. The molecule has 1 aromatic heterocycles. The van der Waals surface area contributed by atoms with Gasteiger partial charge in [0.15, 0.2) is 0 Å². The van der Waals surface area contributed by atoms with Gasteiger partial charge in [-0.2, -0.15) is 0 Å². The summed E-state index contributed by atoms with van der Waals surface area (Å²) in [6, 6.07) is 1.73. The second-order valence-corrected chi connectivity index (χ2v) is 4.25. The van der Waals surface area contributed by atoms with Crippen LogP contribution in [-0.2, 0) is 4.79 Å². The van der Waals surface area contributed by atoms with Crippen molar-refractivity contribution in [2.75, 3.05) is 25.0 Å². The summed E-state index contributed by atoms with van der Waals surface area (Å²) in [5.74, 6) is 0.451. The van der Waals surface area contributed by atoms with Crippen LogP contribution in [0.3, 0.4) is 0 Å². The summed E-state index contributed by atoms with van der Waals surface area (Å²) in [5.41, 5.74) is 0. The Kier molecular flexibility index (Phi) is 6.07. The van der Waals surface area contributed by atoms with E-state index in [2.05, 4.69) is 15.3 Å². The number of carbonyl (C=O) groups is 1. The van der Waals surface area contributed by atoms with E-state index >= 15 is 0 Å². The highest BCUT2D eigenvalue weighted by molar-refractivity contribution is 5.80. The minimum atomic E-state index is -0.317. The zero-order valence-corrected chi connectivity index (χ0v) is 10.8. The van der Waals surface area contributed by atoms with Gasteiger partial charge in [-0.25, -0.2) is 9.97 Å². The zero-order valence-electron chi connectivity index (χ0n) is 10.8. The van der Waals surface area contributed by atoms with Gasteiger partial charge in [0.1, 0.15) is 0 Å². The quantitative estimate of drug-likeness (QED) is 0.677. The maximum absolute atomic E-state index is 11.6. The van der Waals surface area contributed by atoms with Gasteiger partial charge in [0.25, 0.3) is 0 Å². The molecule has 0 radical (unpaired) electrons. The first kappa shape index (κ1) is 14.4. The molecule has 0 bridgehead atoms. The van der Waals surface area contributed by atoms with Crippen molar-refractivity contribution in [2.45, 2.75) is 25.9 Å². The van der Waals surface area contributed by atoms with E-state index in [1.807, 2.05) is 0 Å². The van der Waals surface area contributed by atoms with Gasteiger partial charge in [-0.15, -0.1) is 0 Å². The van der Waals surface area contributed by atoms with Crippen LogP contribution >= 0.6 is 0 Å². The molecule has 1 unspecified atom stereocenters. The minimum Gasteiger partial charge on any atom is -0.393 e. The van der Waals surface area contributed by atoms with E-state index < -0.39 is 0 Å². The number of aliphatic hydroxyl groups is 1. The van der Waals surface area contributed by atoms with Crippen molar-refractivity contribution in [3.8, 4) is 0 Å². The van der Waals surface area contributed by atoms with Gasteiger partial charge < -0.3 is 15.3 Å². The van der Waals surface area contributed by atoms with Crippen molar-refractivity contribution in [2.24, 2.45) is 0 Å². The summed E-state index contributed by atoms with van der Waals surface area (Å²) in [5, 5.41) is 11.9. The molecule has 0 aliphatic carbocycles. The fourth-order valence-electron chi connectivity index (χ4n) is 1.46. The molecule has 0 saturated carbocycles. The Hall–Kier alpha value is -1.69. The first-order valence-electron chi connectivity index (χ1n) is 6.02. The molecule has 18 heavy (non-hydrogen) atoms. The van der Waals surface area contributed by atoms with Gasteiger partial charge in [0.2, 0.25) is 11.9 Å². The average molecular weight is 252 g/mol. The van der Waals surface area contributed by atoms with Gasteiger partial charge in [0.05, 0.1) is 12.6 Å². The van der Waals surface area contributed by atoms with Crippen LogP contribution in [0.25, 0.3) is 0 Å². The number of aliphatic hydroxyl groups excluding tert-OH is 1. The molecular formula is C12H20N4O2. The maximum atomic E-state index is 11.6. The molecule has 0 saturated heterocycles. The number of hydrogen-bond donors (Lipinski definition) is 2. The lowest BCUT2D eigenvalue weighted by Gasteiger charge is -2.16. The molecule has 1 heterocycles. The van der Waals surface area contributed by atoms with Crippen LogP contribution in [0.1, 0.15) is 19.8 Å². The van der Waals surface area contributed by atoms with Crippen molar-refractivity contribution in [1.29, 1.82) is 0 Å². The van der Waals surface area contributed by atoms with Gasteiger partial charge in [0, 0.05) is 26.0 Å². The molecule has 100 valence electrons.